The number of halogens is 1. The second-order valence-corrected chi connectivity index (χ2v) is 6.70. The quantitative estimate of drug-likeness (QED) is 0.876. The molecular weight excluding hydrogens is 326 g/mol. The van der Waals surface area contributed by atoms with Crippen LogP contribution in [0.4, 0.5) is 0 Å². The summed E-state index contributed by atoms with van der Waals surface area (Å²) in [6.45, 7) is 6.07. The Balaban J connectivity index is 2.08. The van der Waals surface area contributed by atoms with Gasteiger partial charge >= 0.3 is 0 Å². The fraction of sp³-hybridized carbons (Fsp3) is 0.278. The largest absolute Gasteiger partial charge is 0.347 e. The summed E-state index contributed by atoms with van der Waals surface area (Å²) in [5.41, 5.74) is 2.92. The highest BCUT2D eigenvalue weighted by Crippen LogP contribution is 2.22. The van der Waals surface area contributed by atoms with E-state index in [0.717, 1.165) is 21.2 Å². The van der Waals surface area contributed by atoms with E-state index in [1.807, 2.05) is 69.3 Å². The van der Waals surface area contributed by atoms with Crippen LogP contribution in [0.15, 0.2) is 53.0 Å². The number of carbonyl (C=O) groups is 1. The van der Waals surface area contributed by atoms with E-state index in [9.17, 15) is 4.79 Å². The maximum Gasteiger partial charge on any atom is 0.225 e. The molecule has 1 N–H and O–H groups in total. The monoisotopic (exact) mass is 345 g/mol. The van der Waals surface area contributed by atoms with Crippen molar-refractivity contribution in [2.24, 2.45) is 0 Å². The lowest BCUT2D eigenvalue weighted by molar-refractivity contribution is -0.122. The SMILES string of the molecule is Cc1ccccc1CC(=O)NC(C)(C)c1ccc(Br)cc1. The molecule has 0 aliphatic rings. The van der Waals surface area contributed by atoms with Crippen LogP contribution in [0.25, 0.3) is 0 Å². The minimum Gasteiger partial charge on any atom is -0.347 e. The van der Waals surface area contributed by atoms with Crippen molar-refractivity contribution in [2.45, 2.75) is 32.7 Å². The van der Waals surface area contributed by atoms with Crippen molar-refractivity contribution in [3.05, 3.63) is 69.7 Å². The number of rotatable bonds is 4. The van der Waals surface area contributed by atoms with Crippen molar-refractivity contribution in [3.8, 4) is 0 Å². The van der Waals surface area contributed by atoms with Gasteiger partial charge in [0.2, 0.25) is 5.91 Å². The molecule has 2 rings (SSSR count). The number of carbonyl (C=O) groups excluding carboxylic acids is 1. The summed E-state index contributed by atoms with van der Waals surface area (Å²) in [6.07, 6.45) is 0.409. The van der Waals surface area contributed by atoms with Gasteiger partial charge in [0.05, 0.1) is 12.0 Å². The van der Waals surface area contributed by atoms with E-state index in [1.54, 1.807) is 0 Å². The lowest BCUT2D eigenvalue weighted by atomic mass is 9.94. The molecule has 0 heterocycles. The zero-order valence-corrected chi connectivity index (χ0v) is 14.2. The van der Waals surface area contributed by atoms with Crippen molar-refractivity contribution in [3.63, 3.8) is 0 Å². The Kier molecular flexibility index (Phi) is 4.84. The van der Waals surface area contributed by atoms with Crippen molar-refractivity contribution in [1.82, 2.24) is 5.32 Å². The van der Waals surface area contributed by atoms with Crippen LogP contribution in [0.5, 0.6) is 0 Å². The molecule has 0 bridgehead atoms. The van der Waals surface area contributed by atoms with Gasteiger partial charge in [-0.1, -0.05) is 52.3 Å². The number of aryl methyl sites for hydroxylation is 1. The van der Waals surface area contributed by atoms with Gasteiger partial charge in [-0.25, -0.2) is 0 Å². The fourth-order valence-electron chi connectivity index (χ4n) is 2.31. The molecule has 0 saturated heterocycles. The molecule has 0 saturated carbocycles. The predicted molar refractivity (Wildman–Crippen MR) is 90.2 cm³/mol. The van der Waals surface area contributed by atoms with Gasteiger partial charge in [0.15, 0.2) is 0 Å². The Bertz CT molecular complexity index is 632. The second kappa shape index (κ2) is 6.44. The third-order valence-corrected chi connectivity index (χ3v) is 4.16. The Morgan fingerprint density at radius 2 is 1.71 bits per heavy atom. The van der Waals surface area contributed by atoms with Crippen LogP contribution in [-0.4, -0.2) is 5.91 Å². The molecule has 21 heavy (non-hydrogen) atoms. The maximum absolute atomic E-state index is 12.3. The van der Waals surface area contributed by atoms with E-state index in [-0.39, 0.29) is 11.4 Å². The highest BCUT2D eigenvalue weighted by atomic mass is 79.9. The fourth-order valence-corrected chi connectivity index (χ4v) is 2.58. The van der Waals surface area contributed by atoms with Gasteiger partial charge in [-0.15, -0.1) is 0 Å². The number of benzene rings is 2. The molecule has 0 atom stereocenters. The van der Waals surface area contributed by atoms with Gasteiger partial charge in [-0.05, 0) is 49.6 Å². The van der Waals surface area contributed by atoms with Crippen LogP contribution in [0, 0.1) is 6.92 Å². The standard InChI is InChI=1S/C18H20BrNO/c1-13-6-4-5-7-14(13)12-17(21)20-18(2,3)15-8-10-16(19)11-9-15/h4-11H,12H2,1-3H3,(H,20,21). The minimum atomic E-state index is -0.388. The first kappa shape index (κ1) is 15.8. The molecule has 0 fully saturated rings. The maximum atomic E-state index is 12.3. The van der Waals surface area contributed by atoms with Gasteiger partial charge in [0.25, 0.3) is 0 Å². The van der Waals surface area contributed by atoms with Crippen LogP contribution in [0.3, 0.4) is 0 Å². The molecule has 2 aromatic carbocycles. The third kappa shape index (κ3) is 4.18. The first-order valence-corrected chi connectivity index (χ1v) is 7.79. The molecule has 0 aliphatic heterocycles. The van der Waals surface area contributed by atoms with Crippen molar-refractivity contribution >= 4 is 21.8 Å². The first-order valence-electron chi connectivity index (χ1n) is 7.00. The van der Waals surface area contributed by atoms with Crippen LogP contribution >= 0.6 is 15.9 Å². The first-order chi connectivity index (χ1) is 9.88. The smallest absolute Gasteiger partial charge is 0.225 e. The molecule has 0 radical (unpaired) electrons. The van der Waals surface area contributed by atoms with E-state index in [2.05, 4.69) is 21.2 Å². The van der Waals surface area contributed by atoms with Gasteiger partial charge in [0.1, 0.15) is 0 Å². The van der Waals surface area contributed by atoms with Crippen LogP contribution in [0.2, 0.25) is 0 Å². The van der Waals surface area contributed by atoms with Gasteiger partial charge in [0, 0.05) is 4.47 Å². The van der Waals surface area contributed by atoms with E-state index >= 15 is 0 Å². The van der Waals surface area contributed by atoms with Gasteiger partial charge in [-0.3, -0.25) is 4.79 Å². The van der Waals surface area contributed by atoms with Crippen LogP contribution in [0.1, 0.15) is 30.5 Å². The topological polar surface area (TPSA) is 29.1 Å². The van der Waals surface area contributed by atoms with Crippen molar-refractivity contribution < 1.29 is 4.79 Å². The van der Waals surface area contributed by atoms with E-state index in [0.29, 0.717) is 6.42 Å². The molecule has 0 aromatic heterocycles. The van der Waals surface area contributed by atoms with Crippen LogP contribution < -0.4 is 5.32 Å². The summed E-state index contributed by atoms with van der Waals surface area (Å²) in [5.74, 6) is 0.0391. The molecule has 1 amide bonds. The summed E-state index contributed by atoms with van der Waals surface area (Å²) in [4.78, 5) is 12.3. The normalized spacial score (nSPS) is 11.2. The zero-order chi connectivity index (χ0) is 15.5. The zero-order valence-electron chi connectivity index (χ0n) is 12.6. The summed E-state index contributed by atoms with van der Waals surface area (Å²) >= 11 is 3.43. The number of hydrogen-bond acceptors (Lipinski definition) is 1. The molecule has 2 nitrogen and oxygen atoms in total. The van der Waals surface area contributed by atoms with Crippen LogP contribution in [-0.2, 0) is 16.8 Å². The van der Waals surface area contributed by atoms with Crippen molar-refractivity contribution in [2.75, 3.05) is 0 Å². The molecule has 2 aromatic rings. The van der Waals surface area contributed by atoms with Gasteiger partial charge < -0.3 is 5.32 Å². The molecule has 3 heteroatoms. The number of nitrogens with one attached hydrogen (secondary N) is 1. The Morgan fingerprint density at radius 1 is 1.10 bits per heavy atom. The lowest BCUT2D eigenvalue weighted by Gasteiger charge is -2.27. The van der Waals surface area contributed by atoms with Gasteiger partial charge in [-0.2, -0.15) is 0 Å². The predicted octanol–water partition coefficient (Wildman–Crippen LogP) is 4.35. The summed E-state index contributed by atoms with van der Waals surface area (Å²) in [7, 11) is 0. The van der Waals surface area contributed by atoms with E-state index in [1.165, 1.54) is 0 Å². The highest BCUT2D eigenvalue weighted by molar-refractivity contribution is 9.10. The molecule has 0 unspecified atom stereocenters. The van der Waals surface area contributed by atoms with E-state index in [4.69, 9.17) is 0 Å². The molecule has 0 aliphatic carbocycles. The molecule has 110 valence electrons. The average molecular weight is 346 g/mol. The van der Waals surface area contributed by atoms with Crippen molar-refractivity contribution in [1.29, 1.82) is 0 Å². The summed E-state index contributed by atoms with van der Waals surface area (Å²) in [6, 6.07) is 16.0. The second-order valence-electron chi connectivity index (χ2n) is 5.78. The Labute approximate surface area is 134 Å². The number of amides is 1. The third-order valence-electron chi connectivity index (χ3n) is 3.63. The Hall–Kier alpha value is -1.61. The molecular formula is C18H20BrNO. The number of hydrogen-bond donors (Lipinski definition) is 1. The summed E-state index contributed by atoms with van der Waals surface area (Å²) in [5, 5.41) is 3.11. The lowest BCUT2D eigenvalue weighted by Crippen LogP contribution is -2.41. The van der Waals surface area contributed by atoms with E-state index < -0.39 is 0 Å². The summed E-state index contributed by atoms with van der Waals surface area (Å²) < 4.78 is 1.04. The minimum absolute atomic E-state index is 0.0391. The molecule has 0 spiro atoms. The highest BCUT2D eigenvalue weighted by Gasteiger charge is 2.22. The Morgan fingerprint density at radius 3 is 2.33 bits per heavy atom. The average Bonchev–Trinajstić information content (AvgIpc) is 2.41.